The molecule has 1 amide bonds. The van der Waals surface area contributed by atoms with Gasteiger partial charge in [-0.2, -0.15) is 0 Å². The molecule has 22 heavy (non-hydrogen) atoms. The predicted octanol–water partition coefficient (Wildman–Crippen LogP) is 3.46. The molecule has 2 heterocycles. The van der Waals surface area contributed by atoms with Crippen LogP contribution >= 0.6 is 0 Å². The fourth-order valence-corrected chi connectivity index (χ4v) is 2.49. The number of ether oxygens (including phenoxy) is 1. The third kappa shape index (κ3) is 3.66. The molecule has 1 atom stereocenters. The SMILES string of the molecule is CC(C)COC(=O)N1C=CC[C@@H](B2OC(C)(C)C(C)(C)O2)C1. The van der Waals surface area contributed by atoms with Crippen LogP contribution in [0.2, 0.25) is 5.82 Å². The Kier molecular flexibility index (Phi) is 4.92. The van der Waals surface area contributed by atoms with Gasteiger partial charge in [-0.1, -0.05) is 19.9 Å². The summed E-state index contributed by atoms with van der Waals surface area (Å²) in [4.78, 5) is 13.7. The standard InChI is InChI=1S/C16H28BNO4/c1-12(2)11-20-14(19)18-9-7-8-13(10-18)17-21-15(3,4)16(5,6)22-17/h7,9,12-13H,8,10-11H2,1-6H3/t13-/m1/s1. The van der Waals surface area contributed by atoms with Crippen molar-refractivity contribution in [3.05, 3.63) is 12.3 Å². The van der Waals surface area contributed by atoms with Crippen LogP contribution in [0, 0.1) is 5.92 Å². The van der Waals surface area contributed by atoms with Crippen LogP contribution in [0.5, 0.6) is 0 Å². The molecule has 1 fully saturated rings. The van der Waals surface area contributed by atoms with Gasteiger partial charge in [-0.05, 0) is 40.0 Å². The van der Waals surface area contributed by atoms with E-state index < -0.39 is 0 Å². The predicted molar refractivity (Wildman–Crippen MR) is 86.5 cm³/mol. The quantitative estimate of drug-likeness (QED) is 0.749. The van der Waals surface area contributed by atoms with Gasteiger partial charge in [-0.25, -0.2) is 4.79 Å². The van der Waals surface area contributed by atoms with Crippen LogP contribution in [0.1, 0.15) is 48.0 Å². The molecule has 0 radical (unpaired) electrons. The zero-order chi connectivity index (χ0) is 16.5. The van der Waals surface area contributed by atoms with Crippen molar-refractivity contribution in [3.8, 4) is 0 Å². The Labute approximate surface area is 134 Å². The number of nitrogens with zero attached hydrogens (tertiary/aromatic N) is 1. The van der Waals surface area contributed by atoms with Gasteiger partial charge in [0.05, 0.1) is 17.8 Å². The van der Waals surface area contributed by atoms with Crippen LogP contribution in [0.15, 0.2) is 12.3 Å². The van der Waals surface area contributed by atoms with Crippen molar-refractivity contribution in [3.63, 3.8) is 0 Å². The Morgan fingerprint density at radius 2 is 1.91 bits per heavy atom. The maximum Gasteiger partial charge on any atom is 0.463 e. The van der Waals surface area contributed by atoms with Crippen molar-refractivity contribution >= 4 is 13.2 Å². The van der Waals surface area contributed by atoms with Crippen molar-refractivity contribution < 1.29 is 18.8 Å². The normalized spacial score (nSPS) is 26.6. The molecule has 0 aliphatic carbocycles. The van der Waals surface area contributed by atoms with Gasteiger partial charge in [0.1, 0.15) is 0 Å². The molecule has 0 spiro atoms. The first-order chi connectivity index (χ1) is 10.1. The number of amides is 1. The summed E-state index contributed by atoms with van der Waals surface area (Å²) in [6.07, 6.45) is 4.32. The lowest BCUT2D eigenvalue weighted by Crippen LogP contribution is -2.41. The summed E-state index contributed by atoms with van der Waals surface area (Å²) in [5.74, 6) is 0.453. The first-order valence-electron chi connectivity index (χ1n) is 8.08. The number of hydrogen-bond acceptors (Lipinski definition) is 4. The van der Waals surface area contributed by atoms with Crippen LogP contribution < -0.4 is 0 Å². The van der Waals surface area contributed by atoms with Crippen LogP contribution in [-0.4, -0.2) is 42.5 Å². The van der Waals surface area contributed by atoms with Crippen LogP contribution in [-0.2, 0) is 14.0 Å². The van der Waals surface area contributed by atoms with Crippen molar-refractivity contribution in [2.24, 2.45) is 5.92 Å². The largest absolute Gasteiger partial charge is 0.463 e. The molecule has 1 saturated heterocycles. The molecule has 0 aromatic carbocycles. The van der Waals surface area contributed by atoms with Crippen molar-refractivity contribution in [1.29, 1.82) is 0 Å². The van der Waals surface area contributed by atoms with Gasteiger partial charge in [0.15, 0.2) is 0 Å². The first kappa shape index (κ1) is 17.4. The van der Waals surface area contributed by atoms with E-state index in [9.17, 15) is 4.79 Å². The van der Waals surface area contributed by atoms with Crippen molar-refractivity contribution in [1.82, 2.24) is 4.90 Å². The Hall–Kier alpha value is -1.01. The molecule has 124 valence electrons. The van der Waals surface area contributed by atoms with E-state index in [1.165, 1.54) is 0 Å². The zero-order valence-corrected chi connectivity index (χ0v) is 14.6. The van der Waals surface area contributed by atoms with Crippen molar-refractivity contribution in [2.45, 2.75) is 65.0 Å². The van der Waals surface area contributed by atoms with Gasteiger partial charge < -0.3 is 14.0 Å². The second-order valence-corrected chi connectivity index (χ2v) is 7.63. The molecule has 2 aliphatic rings. The van der Waals surface area contributed by atoms with E-state index >= 15 is 0 Å². The lowest BCUT2D eigenvalue weighted by molar-refractivity contribution is 0.00578. The maximum absolute atomic E-state index is 12.1. The van der Waals surface area contributed by atoms with Gasteiger partial charge >= 0.3 is 13.2 Å². The number of carbonyl (C=O) groups is 1. The molecular formula is C16H28BNO4. The molecule has 0 aromatic rings. The fourth-order valence-electron chi connectivity index (χ4n) is 2.49. The average Bonchev–Trinajstić information content (AvgIpc) is 2.65. The van der Waals surface area contributed by atoms with E-state index in [1.807, 2.05) is 47.6 Å². The molecule has 0 aromatic heterocycles. The lowest BCUT2D eigenvalue weighted by atomic mass is 9.69. The van der Waals surface area contributed by atoms with Gasteiger partial charge in [-0.3, -0.25) is 4.90 Å². The van der Waals surface area contributed by atoms with Crippen LogP contribution in [0.4, 0.5) is 4.79 Å². The Morgan fingerprint density at radius 3 is 2.45 bits per heavy atom. The third-order valence-electron chi connectivity index (χ3n) is 4.59. The highest BCUT2D eigenvalue weighted by atomic mass is 16.7. The number of hydrogen-bond donors (Lipinski definition) is 0. The molecule has 0 bridgehead atoms. The summed E-state index contributed by atoms with van der Waals surface area (Å²) in [7, 11) is -0.296. The molecule has 5 nitrogen and oxygen atoms in total. The summed E-state index contributed by atoms with van der Waals surface area (Å²) in [6.45, 7) is 13.2. The van der Waals surface area contributed by atoms with E-state index in [0.29, 0.717) is 19.1 Å². The molecular weight excluding hydrogens is 281 g/mol. The number of carbonyl (C=O) groups excluding carboxylic acids is 1. The summed E-state index contributed by atoms with van der Waals surface area (Å²) in [5, 5.41) is 0. The minimum Gasteiger partial charge on any atom is -0.449 e. The Bertz CT molecular complexity index is 431. The second-order valence-electron chi connectivity index (χ2n) is 7.63. The highest BCUT2D eigenvalue weighted by Crippen LogP contribution is 2.41. The van der Waals surface area contributed by atoms with Gasteiger partial charge in [0.2, 0.25) is 0 Å². The summed E-state index contributed by atoms with van der Waals surface area (Å²) in [5.41, 5.74) is -0.691. The van der Waals surface area contributed by atoms with E-state index in [4.69, 9.17) is 14.0 Å². The highest BCUT2D eigenvalue weighted by Gasteiger charge is 2.54. The monoisotopic (exact) mass is 309 g/mol. The van der Waals surface area contributed by atoms with Gasteiger partial charge in [-0.15, -0.1) is 0 Å². The average molecular weight is 309 g/mol. The summed E-state index contributed by atoms with van der Waals surface area (Å²) >= 11 is 0. The highest BCUT2D eigenvalue weighted by molar-refractivity contribution is 6.47. The van der Waals surface area contributed by atoms with E-state index in [-0.39, 0.29) is 30.2 Å². The summed E-state index contributed by atoms with van der Waals surface area (Å²) < 4.78 is 17.5. The number of rotatable bonds is 3. The smallest absolute Gasteiger partial charge is 0.449 e. The molecule has 6 heteroatoms. The van der Waals surface area contributed by atoms with E-state index in [0.717, 1.165) is 6.42 Å². The minimum absolute atomic E-state index is 0.123. The minimum atomic E-state index is -0.345. The molecule has 2 rings (SSSR count). The molecule has 0 N–H and O–H groups in total. The van der Waals surface area contributed by atoms with Crippen molar-refractivity contribution in [2.75, 3.05) is 13.2 Å². The van der Waals surface area contributed by atoms with E-state index in [1.54, 1.807) is 11.1 Å². The molecule has 0 unspecified atom stereocenters. The topological polar surface area (TPSA) is 48.0 Å². The van der Waals surface area contributed by atoms with Crippen LogP contribution in [0.3, 0.4) is 0 Å². The fraction of sp³-hybridized carbons (Fsp3) is 0.812. The van der Waals surface area contributed by atoms with Gasteiger partial charge in [0, 0.05) is 18.6 Å². The first-order valence-corrected chi connectivity index (χ1v) is 8.08. The molecule has 2 aliphatic heterocycles. The zero-order valence-electron chi connectivity index (χ0n) is 14.6. The molecule has 0 saturated carbocycles. The lowest BCUT2D eigenvalue weighted by Gasteiger charge is -2.32. The number of allylic oxidation sites excluding steroid dienone is 1. The second kappa shape index (κ2) is 6.24. The van der Waals surface area contributed by atoms with Gasteiger partial charge in [0.25, 0.3) is 0 Å². The Morgan fingerprint density at radius 1 is 1.32 bits per heavy atom. The van der Waals surface area contributed by atoms with Crippen LogP contribution in [0.25, 0.3) is 0 Å². The Balaban J connectivity index is 1.96. The maximum atomic E-state index is 12.1. The third-order valence-corrected chi connectivity index (χ3v) is 4.59. The van der Waals surface area contributed by atoms with E-state index in [2.05, 4.69) is 0 Å². The summed E-state index contributed by atoms with van der Waals surface area (Å²) in [6, 6.07) is 0.